The lowest BCUT2D eigenvalue weighted by atomic mass is 9.97. The summed E-state index contributed by atoms with van der Waals surface area (Å²) >= 11 is 0. The summed E-state index contributed by atoms with van der Waals surface area (Å²) in [7, 11) is 1.63. The molecule has 0 unspecified atom stereocenters. The van der Waals surface area contributed by atoms with Gasteiger partial charge in [-0.1, -0.05) is 36.4 Å². The maximum atomic E-state index is 12.6. The second-order valence-corrected chi connectivity index (χ2v) is 5.82. The first kappa shape index (κ1) is 14.5. The molecule has 4 rings (SSSR count). The van der Waals surface area contributed by atoms with E-state index in [0.29, 0.717) is 28.8 Å². The van der Waals surface area contributed by atoms with Crippen LogP contribution >= 0.6 is 0 Å². The molecule has 24 heavy (non-hydrogen) atoms. The van der Waals surface area contributed by atoms with Crippen LogP contribution in [0.1, 0.15) is 33.9 Å². The molecule has 1 aliphatic heterocycles. The van der Waals surface area contributed by atoms with Crippen molar-refractivity contribution in [2.45, 2.75) is 12.5 Å². The molecule has 1 atom stereocenters. The number of hydrogen-bond acceptors (Lipinski definition) is 5. The molecule has 0 aromatic heterocycles. The zero-order chi connectivity index (χ0) is 16.7. The fourth-order valence-corrected chi connectivity index (χ4v) is 3.16. The Morgan fingerprint density at radius 3 is 2.50 bits per heavy atom. The molecule has 0 saturated carbocycles. The van der Waals surface area contributed by atoms with Crippen molar-refractivity contribution in [3.05, 3.63) is 70.8 Å². The molecule has 0 amide bonds. The van der Waals surface area contributed by atoms with Gasteiger partial charge in [0.2, 0.25) is 0 Å². The van der Waals surface area contributed by atoms with Gasteiger partial charge in [-0.25, -0.2) is 0 Å². The lowest BCUT2D eigenvalue weighted by molar-refractivity contribution is 0.104. The molecule has 0 bridgehead atoms. The largest absolute Gasteiger partial charge is 0.506 e. The number of ketones is 1. The molecule has 0 saturated heterocycles. The summed E-state index contributed by atoms with van der Waals surface area (Å²) in [6, 6.07) is 14.8. The van der Waals surface area contributed by atoms with Crippen LogP contribution in [0.15, 0.2) is 59.2 Å². The first-order chi connectivity index (χ1) is 11.7. The van der Waals surface area contributed by atoms with Gasteiger partial charge in [-0.2, -0.15) is 5.10 Å². The van der Waals surface area contributed by atoms with Gasteiger partial charge in [-0.3, -0.25) is 4.79 Å². The van der Waals surface area contributed by atoms with Crippen molar-refractivity contribution in [3.8, 4) is 5.75 Å². The number of Topliss-reactive ketones (excluding diaryl/α,β-unsaturated/α-hetero) is 1. The Morgan fingerprint density at radius 2 is 1.83 bits per heavy atom. The van der Waals surface area contributed by atoms with Gasteiger partial charge in [-0.15, -0.1) is 0 Å². The van der Waals surface area contributed by atoms with Crippen LogP contribution in [0.2, 0.25) is 0 Å². The van der Waals surface area contributed by atoms with Crippen molar-refractivity contribution in [2.75, 3.05) is 7.11 Å². The summed E-state index contributed by atoms with van der Waals surface area (Å²) in [6.07, 6.45) is 0.547. The monoisotopic (exact) mass is 320 g/mol. The van der Waals surface area contributed by atoms with E-state index in [0.717, 1.165) is 11.3 Å². The SMILES string of the molecule is COc1ccc([C@H]2CC(C3=C(O)c4ccccc4C3=O)=NN2)cc1. The molecule has 5 nitrogen and oxygen atoms in total. The van der Waals surface area contributed by atoms with E-state index >= 15 is 0 Å². The second kappa shape index (κ2) is 5.53. The zero-order valence-corrected chi connectivity index (χ0v) is 13.1. The first-order valence-electron chi connectivity index (χ1n) is 7.73. The lowest BCUT2D eigenvalue weighted by Crippen LogP contribution is -2.11. The standard InChI is InChI=1S/C19H16N2O3/c1-24-12-8-6-11(7-9-12)15-10-16(21-20-15)17-18(22)13-4-2-3-5-14(13)19(17)23/h2-9,15,20,22H,10H2,1H3/t15-/m1/s1. The Morgan fingerprint density at radius 1 is 1.12 bits per heavy atom. The highest BCUT2D eigenvalue weighted by Crippen LogP contribution is 2.35. The molecule has 0 spiro atoms. The molecule has 0 fully saturated rings. The van der Waals surface area contributed by atoms with Crippen LogP contribution in [-0.2, 0) is 0 Å². The van der Waals surface area contributed by atoms with Crippen molar-refractivity contribution in [2.24, 2.45) is 5.10 Å². The molecule has 2 aliphatic rings. The summed E-state index contributed by atoms with van der Waals surface area (Å²) in [4.78, 5) is 12.6. The minimum atomic E-state index is -0.168. The first-order valence-corrected chi connectivity index (χ1v) is 7.73. The smallest absolute Gasteiger partial charge is 0.199 e. The number of benzene rings is 2. The maximum Gasteiger partial charge on any atom is 0.199 e. The van der Waals surface area contributed by atoms with Gasteiger partial charge in [0.25, 0.3) is 0 Å². The third-order valence-electron chi connectivity index (χ3n) is 4.45. The zero-order valence-electron chi connectivity index (χ0n) is 13.1. The number of rotatable bonds is 3. The van der Waals surface area contributed by atoms with Gasteiger partial charge in [0.1, 0.15) is 11.5 Å². The Hall–Kier alpha value is -3.08. The van der Waals surface area contributed by atoms with E-state index in [1.807, 2.05) is 24.3 Å². The van der Waals surface area contributed by atoms with Crippen molar-refractivity contribution >= 4 is 17.3 Å². The van der Waals surface area contributed by atoms with Crippen molar-refractivity contribution in [1.29, 1.82) is 0 Å². The van der Waals surface area contributed by atoms with Crippen LogP contribution in [0.3, 0.4) is 0 Å². The average molecular weight is 320 g/mol. The summed E-state index contributed by atoms with van der Waals surface area (Å²) in [5.74, 6) is 0.644. The van der Waals surface area contributed by atoms with Gasteiger partial charge in [0.15, 0.2) is 5.78 Å². The second-order valence-electron chi connectivity index (χ2n) is 5.82. The van der Waals surface area contributed by atoms with Crippen LogP contribution in [0, 0.1) is 0 Å². The number of fused-ring (bicyclic) bond motifs is 1. The molecule has 2 N–H and O–H groups in total. The van der Waals surface area contributed by atoms with E-state index in [1.54, 1.807) is 31.4 Å². The molecule has 0 radical (unpaired) electrons. The lowest BCUT2D eigenvalue weighted by Gasteiger charge is -2.10. The van der Waals surface area contributed by atoms with E-state index in [1.165, 1.54) is 0 Å². The molecular formula is C19H16N2O3. The van der Waals surface area contributed by atoms with Crippen LogP contribution in [-0.4, -0.2) is 23.7 Å². The minimum Gasteiger partial charge on any atom is -0.506 e. The fraction of sp³-hybridized carbons (Fsp3) is 0.158. The Labute approximate surface area is 139 Å². The number of nitrogens with zero attached hydrogens (tertiary/aromatic N) is 1. The summed E-state index contributed by atoms with van der Waals surface area (Å²) in [5.41, 5.74) is 6.11. The van der Waals surface area contributed by atoms with Gasteiger partial charge in [-0.05, 0) is 17.7 Å². The van der Waals surface area contributed by atoms with Gasteiger partial charge >= 0.3 is 0 Å². The number of allylic oxidation sites excluding steroid dienone is 1. The number of aliphatic hydroxyl groups is 1. The van der Waals surface area contributed by atoms with Crippen LogP contribution in [0.5, 0.6) is 5.75 Å². The minimum absolute atomic E-state index is 0.0199. The molecule has 2 aromatic rings. The predicted molar refractivity (Wildman–Crippen MR) is 91.2 cm³/mol. The summed E-state index contributed by atoms with van der Waals surface area (Å²) < 4.78 is 5.16. The van der Waals surface area contributed by atoms with E-state index in [9.17, 15) is 9.90 Å². The highest BCUT2D eigenvalue weighted by molar-refractivity contribution is 6.35. The molecule has 5 heteroatoms. The van der Waals surface area contributed by atoms with Gasteiger partial charge < -0.3 is 15.3 Å². The summed E-state index contributed by atoms with van der Waals surface area (Å²) in [6.45, 7) is 0. The van der Waals surface area contributed by atoms with Gasteiger partial charge in [0, 0.05) is 17.5 Å². The van der Waals surface area contributed by atoms with E-state index in [2.05, 4.69) is 10.5 Å². The van der Waals surface area contributed by atoms with Crippen LogP contribution < -0.4 is 10.2 Å². The Balaban J connectivity index is 1.59. The number of ether oxygens (including phenoxy) is 1. The van der Waals surface area contributed by atoms with E-state index in [-0.39, 0.29) is 17.6 Å². The molecular weight excluding hydrogens is 304 g/mol. The van der Waals surface area contributed by atoms with Gasteiger partial charge in [0.05, 0.1) is 24.4 Å². The molecule has 120 valence electrons. The Kier molecular flexibility index (Phi) is 3.34. The quantitative estimate of drug-likeness (QED) is 0.910. The number of hydrogen-bond donors (Lipinski definition) is 2. The number of carbonyl (C=O) groups is 1. The van der Waals surface area contributed by atoms with Crippen molar-refractivity contribution in [3.63, 3.8) is 0 Å². The number of aliphatic hydroxyl groups excluding tert-OH is 1. The Bertz CT molecular complexity index is 882. The third kappa shape index (κ3) is 2.17. The van der Waals surface area contributed by atoms with Crippen molar-refractivity contribution in [1.82, 2.24) is 5.43 Å². The predicted octanol–water partition coefficient (Wildman–Crippen LogP) is 3.25. The maximum absolute atomic E-state index is 12.6. The highest BCUT2D eigenvalue weighted by Gasteiger charge is 2.35. The number of hydrazone groups is 1. The van der Waals surface area contributed by atoms with Crippen LogP contribution in [0.4, 0.5) is 0 Å². The van der Waals surface area contributed by atoms with E-state index < -0.39 is 0 Å². The topological polar surface area (TPSA) is 70.9 Å². The molecule has 1 heterocycles. The third-order valence-corrected chi connectivity index (χ3v) is 4.45. The molecule has 2 aromatic carbocycles. The average Bonchev–Trinajstić information content (AvgIpc) is 3.19. The number of methoxy groups -OCH3 is 1. The van der Waals surface area contributed by atoms with Crippen molar-refractivity contribution < 1.29 is 14.6 Å². The van der Waals surface area contributed by atoms with E-state index in [4.69, 9.17) is 4.74 Å². The number of nitrogens with one attached hydrogen (secondary N) is 1. The number of carbonyl (C=O) groups excluding carboxylic acids is 1. The van der Waals surface area contributed by atoms with Crippen LogP contribution in [0.25, 0.3) is 5.76 Å². The molecule has 1 aliphatic carbocycles. The highest BCUT2D eigenvalue weighted by atomic mass is 16.5. The normalized spacial score (nSPS) is 19.1. The summed E-state index contributed by atoms with van der Waals surface area (Å²) in [5, 5.41) is 14.7. The fourth-order valence-electron chi connectivity index (χ4n) is 3.16.